The van der Waals surface area contributed by atoms with Gasteiger partial charge in [-0.1, -0.05) is 6.92 Å². The summed E-state index contributed by atoms with van der Waals surface area (Å²) >= 11 is 2.23. The van der Waals surface area contributed by atoms with Gasteiger partial charge >= 0.3 is 0 Å². The van der Waals surface area contributed by atoms with E-state index in [4.69, 9.17) is 8.83 Å². The van der Waals surface area contributed by atoms with E-state index in [0.29, 0.717) is 35.5 Å². The van der Waals surface area contributed by atoms with Crippen LogP contribution < -0.4 is 4.90 Å². The molecule has 36 heavy (non-hydrogen) atoms. The van der Waals surface area contributed by atoms with Crippen molar-refractivity contribution < 1.29 is 18.8 Å². The molecule has 5 fully saturated rings. The number of nitrogens with one attached hydrogen (secondary N) is 1. The maximum Gasteiger partial charge on any atom is 0.121 e. The van der Waals surface area contributed by atoms with Gasteiger partial charge in [-0.15, -0.1) is 11.8 Å². The zero-order valence-corrected chi connectivity index (χ0v) is 22.7. The standard InChI is InChI=1S/C30H42N2O3S/c1-20-3-6-26(23-9-12-35-15-23)32-17-29(10-7-25(20)32)16-30(36-19-29)13-27(33)28-24(22-8-11-34-14-22)5-4-21(2)31(28)18-30/h8-9,11-12,14-15,20-21,24-28,33H,3-7,10,13,16-19H2,1-2H3/p+1/t20-,21-,24?,25+,26?,27-,28?,29+,30+/m1/s1. The van der Waals surface area contributed by atoms with Crippen molar-refractivity contribution in [3.8, 4) is 0 Å². The maximum atomic E-state index is 11.7. The first-order valence-corrected chi connectivity index (χ1v) is 15.4. The van der Waals surface area contributed by atoms with E-state index < -0.39 is 0 Å². The Hall–Kier alpha value is -1.21. The molecule has 4 unspecified atom stereocenters. The van der Waals surface area contributed by atoms with Crippen LogP contribution in [0.4, 0.5) is 0 Å². The minimum absolute atomic E-state index is 0.219. The van der Waals surface area contributed by atoms with Crippen LogP contribution in [0.15, 0.2) is 46.0 Å². The SMILES string of the molecule is C[C@@H]1CCC(c2ccoc2)N2C[C@@]3(CC[C@@H]12)CS[C@@]1(C[C@@H](O)C2C(c4ccoc4)CC[C@@H](C)[NH+]2C1)C3. The highest BCUT2D eigenvalue weighted by Crippen LogP contribution is 2.58. The van der Waals surface area contributed by atoms with Crippen LogP contribution in [0, 0.1) is 11.3 Å². The van der Waals surface area contributed by atoms with E-state index in [1.807, 2.05) is 18.8 Å². The van der Waals surface area contributed by atoms with Gasteiger partial charge in [-0.3, -0.25) is 4.90 Å². The summed E-state index contributed by atoms with van der Waals surface area (Å²) in [6.45, 7) is 7.32. The van der Waals surface area contributed by atoms with Gasteiger partial charge in [0.25, 0.3) is 0 Å². The lowest BCUT2D eigenvalue weighted by Crippen LogP contribution is -3.24. The van der Waals surface area contributed by atoms with E-state index in [-0.39, 0.29) is 10.9 Å². The molecule has 0 aliphatic carbocycles. The Balaban J connectivity index is 1.13. The van der Waals surface area contributed by atoms with Gasteiger partial charge < -0.3 is 18.8 Å². The van der Waals surface area contributed by atoms with Crippen LogP contribution in [-0.4, -0.2) is 57.8 Å². The van der Waals surface area contributed by atoms with Crippen LogP contribution in [0.25, 0.3) is 0 Å². The fraction of sp³-hybridized carbons (Fsp3) is 0.733. The summed E-state index contributed by atoms with van der Waals surface area (Å²) in [5, 5.41) is 11.7. The average Bonchev–Trinajstić information content (AvgIpc) is 3.63. The molecular weight excluding hydrogens is 468 g/mol. The Labute approximate surface area is 220 Å². The Morgan fingerprint density at radius 3 is 2.61 bits per heavy atom. The maximum absolute atomic E-state index is 11.7. The first-order chi connectivity index (χ1) is 17.5. The van der Waals surface area contributed by atoms with Crippen LogP contribution in [0.1, 0.15) is 88.3 Å². The number of nitrogens with zero attached hydrogens (tertiary/aromatic N) is 1. The molecule has 2 aromatic rings. The molecule has 6 heteroatoms. The number of rotatable bonds is 2. The van der Waals surface area contributed by atoms with Crippen molar-refractivity contribution in [3.63, 3.8) is 0 Å². The molecule has 196 valence electrons. The second-order valence-corrected chi connectivity index (χ2v) is 14.7. The second-order valence-electron chi connectivity index (χ2n) is 13.2. The molecule has 10 atom stereocenters. The van der Waals surface area contributed by atoms with E-state index >= 15 is 0 Å². The van der Waals surface area contributed by atoms with Crippen molar-refractivity contribution in [2.24, 2.45) is 11.3 Å². The highest BCUT2D eigenvalue weighted by atomic mass is 32.2. The molecule has 2 N–H and O–H groups in total. The van der Waals surface area contributed by atoms with Gasteiger partial charge in [0.1, 0.15) is 12.1 Å². The normalized spacial score (nSPS) is 47.2. The lowest BCUT2D eigenvalue weighted by molar-refractivity contribution is -0.965. The zero-order valence-electron chi connectivity index (χ0n) is 21.9. The van der Waals surface area contributed by atoms with Crippen LogP contribution in [-0.2, 0) is 0 Å². The number of quaternary nitrogens is 1. The molecule has 5 aliphatic rings. The quantitative estimate of drug-likeness (QED) is 0.615. The third kappa shape index (κ3) is 3.85. The summed E-state index contributed by atoms with van der Waals surface area (Å²) in [7, 11) is 0. The first-order valence-electron chi connectivity index (χ1n) is 14.4. The van der Waals surface area contributed by atoms with Crippen LogP contribution in [0.5, 0.6) is 0 Å². The average molecular weight is 512 g/mol. The van der Waals surface area contributed by atoms with Gasteiger partial charge in [-0.2, -0.15) is 0 Å². The summed E-state index contributed by atoms with van der Waals surface area (Å²) in [6, 6.07) is 6.45. The molecule has 5 nitrogen and oxygen atoms in total. The van der Waals surface area contributed by atoms with Crippen molar-refractivity contribution >= 4 is 11.8 Å². The van der Waals surface area contributed by atoms with Gasteiger partial charge in [0.2, 0.25) is 0 Å². The largest absolute Gasteiger partial charge is 0.472 e. The van der Waals surface area contributed by atoms with E-state index in [9.17, 15) is 5.11 Å². The van der Waals surface area contributed by atoms with E-state index in [1.54, 1.807) is 11.2 Å². The molecule has 2 spiro atoms. The lowest BCUT2D eigenvalue weighted by Gasteiger charge is -2.54. The van der Waals surface area contributed by atoms with Gasteiger partial charge in [0.15, 0.2) is 0 Å². The minimum atomic E-state index is -0.232. The van der Waals surface area contributed by atoms with Gasteiger partial charge in [0, 0.05) is 35.9 Å². The number of aliphatic hydroxyl groups excluding tert-OH is 1. The third-order valence-electron chi connectivity index (χ3n) is 11.1. The highest BCUT2D eigenvalue weighted by molar-refractivity contribution is 8.01. The number of furan rings is 2. The molecule has 5 saturated heterocycles. The second kappa shape index (κ2) is 8.93. The smallest absolute Gasteiger partial charge is 0.121 e. The Kier molecular flexibility index (Phi) is 5.92. The van der Waals surface area contributed by atoms with E-state index in [1.165, 1.54) is 74.9 Å². The molecular formula is C30H43N2O3S+. The molecule has 7 heterocycles. The molecule has 5 aliphatic heterocycles. The fourth-order valence-corrected chi connectivity index (χ4v) is 11.3. The first kappa shape index (κ1) is 23.9. The van der Waals surface area contributed by atoms with Gasteiger partial charge in [0.05, 0.1) is 42.4 Å². The Morgan fingerprint density at radius 2 is 1.83 bits per heavy atom. The summed E-state index contributed by atoms with van der Waals surface area (Å²) in [5.74, 6) is 2.46. The molecule has 0 saturated carbocycles. The van der Waals surface area contributed by atoms with Gasteiger partial charge in [-0.05, 0) is 87.3 Å². The fourth-order valence-electron chi connectivity index (χ4n) is 9.36. The molecule has 0 aromatic carbocycles. The molecule has 0 radical (unpaired) electrons. The summed E-state index contributed by atoms with van der Waals surface area (Å²) in [5.41, 5.74) is 3.05. The third-order valence-corrected chi connectivity index (χ3v) is 12.9. The zero-order chi connectivity index (χ0) is 24.5. The van der Waals surface area contributed by atoms with Crippen molar-refractivity contribution in [1.29, 1.82) is 0 Å². The van der Waals surface area contributed by atoms with Crippen LogP contribution in [0.2, 0.25) is 0 Å². The number of aliphatic hydroxyl groups is 1. The highest BCUT2D eigenvalue weighted by Gasteiger charge is 2.60. The summed E-state index contributed by atoms with van der Waals surface area (Å²) in [6.07, 6.45) is 17.2. The number of hydrogen-bond acceptors (Lipinski definition) is 5. The number of thioether (sulfide) groups is 1. The minimum Gasteiger partial charge on any atom is -0.472 e. The van der Waals surface area contributed by atoms with Crippen molar-refractivity contribution in [2.75, 3.05) is 18.8 Å². The monoisotopic (exact) mass is 511 g/mol. The summed E-state index contributed by atoms with van der Waals surface area (Å²) < 4.78 is 11.2. The number of hydrogen-bond donors (Lipinski definition) is 2. The summed E-state index contributed by atoms with van der Waals surface area (Å²) in [4.78, 5) is 4.54. The molecule has 7 rings (SSSR count). The van der Waals surface area contributed by atoms with Crippen LogP contribution >= 0.6 is 11.8 Å². The van der Waals surface area contributed by atoms with Crippen LogP contribution in [0.3, 0.4) is 0 Å². The van der Waals surface area contributed by atoms with Crippen molar-refractivity contribution in [2.45, 2.75) is 106 Å². The topological polar surface area (TPSA) is 54.2 Å². The number of piperidine rings is 4. The predicted octanol–water partition coefficient (Wildman–Crippen LogP) is 4.65. The molecule has 2 aromatic heterocycles. The van der Waals surface area contributed by atoms with Crippen molar-refractivity contribution in [3.05, 3.63) is 48.3 Å². The molecule has 0 amide bonds. The van der Waals surface area contributed by atoms with E-state index in [0.717, 1.165) is 12.3 Å². The van der Waals surface area contributed by atoms with Crippen molar-refractivity contribution in [1.82, 2.24) is 4.90 Å². The molecule has 0 bridgehead atoms. The Morgan fingerprint density at radius 1 is 1.03 bits per heavy atom. The number of fused-ring (bicyclic) bond motifs is 2. The van der Waals surface area contributed by atoms with Gasteiger partial charge in [-0.25, -0.2) is 0 Å². The lowest BCUT2D eigenvalue weighted by atomic mass is 9.66. The van der Waals surface area contributed by atoms with E-state index in [2.05, 4.69) is 42.6 Å². The predicted molar refractivity (Wildman–Crippen MR) is 142 cm³/mol. The Bertz CT molecular complexity index is 1040.